The van der Waals surface area contributed by atoms with Crippen molar-refractivity contribution in [3.05, 3.63) is 59.5 Å². The van der Waals surface area contributed by atoms with Crippen LogP contribution in [-0.4, -0.2) is 36.5 Å². The van der Waals surface area contributed by atoms with Crippen molar-refractivity contribution in [3.63, 3.8) is 0 Å². The lowest BCUT2D eigenvalue weighted by Gasteiger charge is -2.15. The minimum Gasteiger partial charge on any atom is -0.508 e. The molecule has 0 amide bonds. The van der Waals surface area contributed by atoms with Crippen LogP contribution in [0.25, 0.3) is 5.65 Å². The number of hydrogen-bond acceptors (Lipinski definition) is 5. The van der Waals surface area contributed by atoms with Crippen molar-refractivity contribution in [3.8, 4) is 5.75 Å². The van der Waals surface area contributed by atoms with Gasteiger partial charge in [-0.1, -0.05) is 18.2 Å². The van der Waals surface area contributed by atoms with E-state index in [0.29, 0.717) is 11.2 Å². The molecule has 1 saturated carbocycles. The Morgan fingerprint density at radius 2 is 1.87 bits per heavy atom. The van der Waals surface area contributed by atoms with Crippen molar-refractivity contribution in [2.75, 3.05) is 6.61 Å². The van der Waals surface area contributed by atoms with E-state index in [1.54, 1.807) is 18.2 Å². The Morgan fingerprint density at radius 1 is 1.13 bits per heavy atom. The predicted molar refractivity (Wildman–Crippen MR) is 83.2 cm³/mol. The smallest absolute Gasteiger partial charge is 0.166 e. The minimum absolute atomic E-state index is 0.199. The number of fused-ring (bicyclic) bond motifs is 1. The zero-order valence-electron chi connectivity index (χ0n) is 12.4. The molecule has 23 heavy (non-hydrogen) atoms. The average Bonchev–Trinajstić information content (AvgIpc) is 3.26. The van der Waals surface area contributed by atoms with Crippen LogP contribution < -0.4 is 0 Å². The van der Waals surface area contributed by atoms with Crippen LogP contribution in [0.2, 0.25) is 0 Å². The lowest BCUT2D eigenvalue weighted by molar-refractivity contribution is 0.0963. The number of nitrogens with zero attached hydrogens (tertiary/aromatic N) is 3. The molecule has 4 rings (SSSR count). The molecule has 0 bridgehead atoms. The highest BCUT2D eigenvalue weighted by Crippen LogP contribution is 2.53. The van der Waals surface area contributed by atoms with Gasteiger partial charge in [0, 0.05) is 11.8 Å². The van der Waals surface area contributed by atoms with E-state index in [0.717, 1.165) is 24.2 Å². The van der Waals surface area contributed by atoms with E-state index in [-0.39, 0.29) is 17.8 Å². The second kappa shape index (κ2) is 5.04. The van der Waals surface area contributed by atoms with Gasteiger partial charge in [-0.2, -0.15) is 0 Å². The fourth-order valence-electron chi connectivity index (χ4n) is 3.17. The Labute approximate surface area is 132 Å². The molecular weight excluding hydrogens is 294 g/mol. The molecule has 0 saturated heterocycles. The average molecular weight is 311 g/mol. The highest BCUT2D eigenvalue weighted by Gasteiger charge is 2.49. The van der Waals surface area contributed by atoms with Crippen molar-refractivity contribution >= 4 is 5.65 Å². The molecule has 3 aromatic rings. The van der Waals surface area contributed by atoms with Gasteiger partial charge >= 0.3 is 0 Å². The molecule has 1 fully saturated rings. The highest BCUT2D eigenvalue weighted by atomic mass is 16.3. The van der Waals surface area contributed by atoms with Crippen LogP contribution in [0.15, 0.2) is 42.6 Å². The molecule has 2 heterocycles. The molecule has 0 aliphatic heterocycles. The first-order chi connectivity index (χ1) is 11.2. The van der Waals surface area contributed by atoms with Crippen molar-refractivity contribution < 1.29 is 15.3 Å². The lowest BCUT2D eigenvalue weighted by Crippen LogP contribution is -2.14. The van der Waals surface area contributed by atoms with Gasteiger partial charge in [-0.15, -0.1) is 10.2 Å². The number of aromatic nitrogens is 3. The summed E-state index contributed by atoms with van der Waals surface area (Å²) in [6, 6.07) is 10.8. The summed E-state index contributed by atoms with van der Waals surface area (Å²) in [6.07, 6.45) is 2.83. The van der Waals surface area contributed by atoms with E-state index in [1.165, 1.54) is 0 Å². The number of hydrogen-bond donors (Lipinski definition) is 3. The van der Waals surface area contributed by atoms with Gasteiger partial charge < -0.3 is 15.3 Å². The van der Waals surface area contributed by atoms with E-state index >= 15 is 0 Å². The second-order valence-electron chi connectivity index (χ2n) is 6.01. The third-order valence-corrected chi connectivity index (χ3v) is 4.59. The van der Waals surface area contributed by atoms with E-state index < -0.39 is 6.10 Å². The van der Waals surface area contributed by atoms with Gasteiger partial charge in [0.15, 0.2) is 5.65 Å². The van der Waals surface area contributed by atoms with E-state index in [4.69, 9.17) is 0 Å². The molecule has 1 atom stereocenters. The van der Waals surface area contributed by atoms with Crippen LogP contribution >= 0.6 is 0 Å². The summed E-state index contributed by atoms with van der Waals surface area (Å²) in [4.78, 5) is 0. The fourth-order valence-corrected chi connectivity index (χ4v) is 3.17. The van der Waals surface area contributed by atoms with Gasteiger partial charge in [-0.05, 0) is 36.6 Å². The van der Waals surface area contributed by atoms with Crippen LogP contribution in [0.3, 0.4) is 0 Å². The molecule has 0 radical (unpaired) electrons. The standard InChI is InChI=1S/C17H17N3O3/c21-10-14(23)13-2-1-9-20-15(13)18-19-16(20)17(7-8-17)11-3-5-12(22)6-4-11/h1-6,9,14,21-23H,7-8,10H2. The van der Waals surface area contributed by atoms with Gasteiger partial charge in [0.25, 0.3) is 0 Å². The molecule has 1 aromatic carbocycles. The number of benzene rings is 1. The molecule has 1 aliphatic carbocycles. The zero-order chi connectivity index (χ0) is 16.0. The summed E-state index contributed by atoms with van der Waals surface area (Å²) < 4.78 is 1.88. The molecule has 3 N–H and O–H groups in total. The number of phenols is 1. The van der Waals surface area contributed by atoms with Crippen LogP contribution in [0, 0.1) is 0 Å². The Morgan fingerprint density at radius 3 is 2.52 bits per heavy atom. The zero-order valence-corrected chi connectivity index (χ0v) is 12.4. The van der Waals surface area contributed by atoms with Crippen LogP contribution in [0.1, 0.15) is 35.9 Å². The van der Waals surface area contributed by atoms with E-state index in [1.807, 2.05) is 28.8 Å². The summed E-state index contributed by atoms with van der Waals surface area (Å²) in [6.45, 7) is -0.356. The molecule has 1 unspecified atom stereocenters. The van der Waals surface area contributed by atoms with E-state index in [2.05, 4.69) is 10.2 Å². The number of aromatic hydroxyl groups is 1. The Hall–Kier alpha value is -2.44. The van der Waals surface area contributed by atoms with Crippen molar-refractivity contribution in [1.82, 2.24) is 14.6 Å². The van der Waals surface area contributed by atoms with Gasteiger partial charge in [0.1, 0.15) is 17.7 Å². The molecule has 0 spiro atoms. The summed E-state index contributed by atoms with van der Waals surface area (Å²) in [7, 11) is 0. The lowest BCUT2D eigenvalue weighted by atomic mass is 9.95. The number of rotatable bonds is 4. The number of pyridine rings is 1. The second-order valence-corrected chi connectivity index (χ2v) is 6.01. The molecule has 2 aromatic heterocycles. The summed E-state index contributed by atoms with van der Waals surface area (Å²) in [5.74, 6) is 1.06. The fraction of sp³-hybridized carbons (Fsp3) is 0.294. The number of aliphatic hydroxyl groups is 2. The van der Waals surface area contributed by atoms with Gasteiger partial charge in [0.2, 0.25) is 0 Å². The summed E-state index contributed by atoms with van der Waals surface area (Å²) >= 11 is 0. The predicted octanol–water partition coefficient (Wildman–Crippen LogP) is 1.54. The van der Waals surface area contributed by atoms with Gasteiger partial charge in [-0.25, -0.2) is 0 Å². The third-order valence-electron chi connectivity index (χ3n) is 4.59. The first-order valence-electron chi connectivity index (χ1n) is 7.58. The SMILES string of the molecule is OCC(O)c1cccn2c(C3(c4ccc(O)cc4)CC3)nnc12. The Kier molecular flexibility index (Phi) is 3.11. The summed E-state index contributed by atoms with van der Waals surface area (Å²) in [5.41, 5.74) is 2.03. The molecule has 6 nitrogen and oxygen atoms in total. The molecule has 6 heteroatoms. The Bertz CT molecular complexity index is 853. The quantitative estimate of drug-likeness (QED) is 0.680. The first kappa shape index (κ1) is 14.2. The van der Waals surface area contributed by atoms with Crippen LogP contribution in [-0.2, 0) is 5.41 Å². The molecule has 1 aliphatic rings. The van der Waals surface area contributed by atoms with Gasteiger partial charge in [-0.3, -0.25) is 4.40 Å². The van der Waals surface area contributed by atoms with Crippen LogP contribution in [0.5, 0.6) is 5.75 Å². The monoisotopic (exact) mass is 311 g/mol. The third kappa shape index (κ3) is 2.10. The number of aliphatic hydroxyl groups excluding tert-OH is 2. The minimum atomic E-state index is -0.973. The summed E-state index contributed by atoms with van der Waals surface area (Å²) in [5, 5.41) is 37.2. The largest absolute Gasteiger partial charge is 0.508 e. The maximum atomic E-state index is 9.94. The maximum absolute atomic E-state index is 9.94. The first-order valence-corrected chi connectivity index (χ1v) is 7.58. The maximum Gasteiger partial charge on any atom is 0.166 e. The topological polar surface area (TPSA) is 90.9 Å². The van der Waals surface area contributed by atoms with E-state index in [9.17, 15) is 15.3 Å². The molecular formula is C17H17N3O3. The molecule has 118 valence electrons. The Balaban J connectivity index is 1.85. The number of phenolic OH excluding ortho intramolecular Hbond substituents is 1. The normalized spacial score (nSPS) is 17.3. The van der Waals surface area contributed by atoms with Crippen molar-refractivity contribution in [1.29, 1.82) is 0 Å². The van der Waals surface area contributed by atoms with Crippen LogP contribution in [0.4, 0.5) is 0 Å². The van der Waals surface area contributed by atoms with Gasteiger partial charge in [0.05, 0.1) is 12.0 Å². The highest BCUT2D eigenvalue weighted by molar-refractivity contribution is 5.52. The van der Waals surface area contributed by atoms with Crippen molar-refractivity contribution in [2.45, 2.75) is 24.4 Å². The van der Waals surface area contributed by atoms with Crippen molar-refractivity contribution in [2.24, 2.45) is 0 Å².